The highest BCUT2D eigenvalue weighted by Gasteiger charge is 2.34. The lowest BCUT2D eigenvalue weighted by molar-refractivity contribution is -0.136. The molecule has 1 aliphatic rings. The Kier molecular flexibility index (Phi) is 18.1. The lowest BCUT2D eigenvalue weighted by Crippen LogP contribution is -2.56. The Labute approximate surface area is 276 Å². The highest BCUT2D eigenvalue weighted by molar-refractivity contribution is 5.91. The first-order chi connectivity index (χ1) is 22.0. The summed E-state index contributed by atoms with van der Waals surface area (Å²) in [4.78, 5) is 44.4. The van der Waals surface area contributed by atoms with E-state index in [9.17, 15) is 24.6 Å². The third-order valence-electron chi connectivity index (χ3n) is 8.81. The number of aliphatic hydroxyl groups excluding tert-OH is 2. The molecular formula is C37H56N4O5. The molecule has 0 heterocycles. The van der Waals surface area contributed by atoms with Gasteiger partial charge in [-0.3, -0.25) is 14.4 Å². The van der Waals surface area contributed by atoms with E-state index < -0.39 is 42.0 Å². The Hall–Kier alpha value is -3.37. The predicted octanol–water partition coefficient (Wildman–Crippen LogP) is 3.13. The number of hydrogen-bond donors (Lipinski definition) is 4. The molecule has 254 valence electrons. The molecule has 0 spiro atoms. The molecule has 0 bridgehead atoms. The maximum atomic E-state index is 13.8. The summed E-state index contributed by atoms with van der Waals surface area (Å²) in [6.45, 7) is 2.89. The minimum atomic E-state index is -1.18. The van der Waals surface area contributed by atoms with Gasteiger partial charge in [-0.25, -0.2) is 0 Å². The van der Waals surface area contributed by atoms with Crippen LogP contribution < -0.4 is 10.6 Å². The van der Waals surface area contributed by atoms with Crippen molar-refractivity contribution >= 4 is 17.7 Å². The lowest BCUT2D eigenvalue weighted by atomic mass is 9.82. The maximum absolute atomic E-state index is 13.8. The van der Waals surface area contributed by atoms with Crippen LogP contribution in [0.1, 0.15) is 83.1 Å². The molecule has 0 saturated heterocycles. The van der Waals surface area contributed by atoms with Gasteiger partial charge in [-0.05, 0) is 58.2 Å². The van der Waals surface area contributed by atoms with Crippen LogP contribution in [0, 0.1) is 36.0 Å². The summed E-state index contributed by atoms with van der Waals surface area (Å²) >= 11 is 0. The fourth-order valence-corrected chi connectivity index (χ4v) is 5.90. The van der Waals surface area contributed by atoms with Gasteiger partial charge < -0.3 is 30.6 Å². The zero-order valence-electron chi connectivity index (χ0n) is 28.3. The summed E-state index contributed by atoms with van der Waals surface area (Å²) in [5.74, 6) is 6.85. The zero-order valence-corrected chi connectivity index (χ0v) is 28.3. The van der Waals surface area contributed by atoms with Gasteiger partial charge in [0.2, 0.25) is 17.7 Å². The first kappa shape index (κ1) is 38.8. The Morgan fingerprint density at radius 1 is 1.00 bits per heavy atom. The number of likely N-dealkylation sites (N-methyl/N-ethyl adjacent to an activating group) is 2. The number of nitrogens with one attached hydrogen (secondary N) is 2. The number of hydrogen-bond acceptors (Lipinski definition) is 6. The topological polar surface area (TPSA) is 122 Å². The van der Waals surface area contributed by atoms with Gasteiger partial charge in [-0.15, -0.1) is 24.2 Å². The number of carbonyl (C=O) groups is 3. The largest absolute Gasteiger partial charge is 0.390 e. The molecule has 0 unspecified atom stereocenters. The first-order valence-corrected chi connectivity index (χ1v) is 16.8. The summed E-state index contributed by atoms with van der Waals surface area (Å²) in [7, 11) is 5.61. The number of carbonyl (C=O) groups excluding carboxylic acids is 3. The summed E-state index contributed by atoms with van der Waals surface area (Å²) in [6.07, 6.45) is 10.8. The first-order valence-electron chi connectivity index (χ1n) is 16.8. The number of terminal acetylenes is 1. The summed E-state index contributed by atoms with van der Waals surface area (Å²) < 4.78 is 0. The van der Waals surface area contributed by atoms with E-state index in [2.05, 4.69) is 28.4 Å². The van der Waals surface area contributed by atoms with Gasteiger partial charge in [0.1, 0.15) is 6.04 Å². The van der Waals surface area contributed by atoms with Gasteiger partial charge in [0.25, 0.3) is 0 Å². The zero-order chi connectivity index (χ0) is 33.9. The molecule has 1 aromatic carbocycles. The normalized spacial score (nSPS) is 16.6. The van der Waals surface area contributed by atoms with Gasteiger partial charge in [-0.1, -0.05) is 62.4 Å². The Morgan fingerprint density at radius 3 is 2.33 bits per heavy atom. The minimum Gasteiger partial charge on any atom is -0.390 e. The molecule has 4 N–H and O–H groups in total. The third-order valence-corrected chi connectivity index (χ3v) is 8.81. The molecule has 0 aromatic heterocycles. The molecule has 1 aromatic rings. The Balaban J connectivity index is 2.25. The SMILES string of the molecule is C#CCCC[C@H](O)[C@H](O)[C@H](CC1CCCCC1)NC(=O)[C@H](CC#CC)NC(=O)[C@@H](CC(=O)N(C)CCN(C)C)Cc1ccccc1. The predicted molar refractivity (Wildman–Crippen MR) is 182 cm³/mol. The van der Waals surface area contributed by atoms with Crippen LogP contribution in [0.25, 0.3) is 0 Å². The highest BCUT2D eigenvalue weighted by Crippen LogP contribution is 2.29. The van der Waals surface area contributed by atoms with E-state index in [0.29, 0.717) is 51.1 Å². The number of nitrogens with zero attached hydrogens (tertiary/aromatic N) is 2. The smallest absolute Gasteiger partial charge is 0.243 e. The highest BCUT2D eigenvalue weighted by atomic mass is 16.3. The van der Waals surface area contributed by atoms with E-state index in [1.54, 1.807) is 18.9 Å². The van der Waals surface area contributed by atoms with E-state index in [4.69, 9.17) is 6.42 Å². The quantitative estimate of drug-likeness (QED) is 0.137. The van der Waals surface area contributed by atoms with Crippen LogP contribution in [0.4, 0.5) is 0 Å². The molecule has 1 fully saturated rings. The standard InChI is InChI=1S/C37H56N4O5/c1-6-8-12-22-33(42)35(44)32(26-29-19-15-11-16-20-29)39-37(46)31(21-9-7-2)38-36(45)30(25-28-17-13-10-14-18-28)27-34(43)41(5)24-23-40(3)4/h1,10,13-14,17-18,29-33,35,42,44H,8,11-12,15-16,19-27H2,2-5H3,(H,38,45)(H,39,46)/t30-,31+,32+,33+,35-/m1/s1. The second kappa shape index (κ2) is 21.4. The van der Waals surface area contributed by atoms with E-state index in [-0.39, 0.29) is 18.7 Å². The molecule has 0 radical (unpaired) electrons. The Bertz CT molecular complexity index is 1170. The summed E-state index contributed by atoms with van der Waals surface area (Å²) in [5, 5.41) is 27.9. The average Bonchev–Trinajstić information content (AvgIpc) is 3.05. The fourth-order valence-electron chi connectivity index (χ4n) is 5.90. The van der Waals surface area contributed by atoms with Crippen molar-refractivity contribution in [3.63, 3.8) is 0 Å². The fraction of sp³-hybridized carbons (Fsp3) is 0.649. The van der Waals surface area contributed by atoms with Crippen molar-refractivity contribution in [2.45, 2.75) is 108 Å². The van der Waals surface area contributed by atoms with E-state index in [1.165, 1.54) is 6.42 Å². The van der Waals surface area contributed by atoms with Crippen LogP contribution >= 0.6 is 0 Å². The van der Waals surface area contributed by atoms with Crippen molar-refractivity contribution in [3.05, 3.63) is 35.9 Å². The van der Waals surface area contributed by atoms with Crippen LogP contribution in [0.5, 0.6) is 0 Å². The van der Waals surface area contributed by atoms with Crippen molar-refractivity contribution in [1.82, 2.24) is 20.4 Å². The molecule has 9 nitrogen and oxygen atoms in total. The second-order valence-electron chi connectivity index (χ2n) is 12.9. The number of rotatable bonds is 19. The molecule has 5 atom stereocenters. The van der Waals surface area contributed by atoms with Gasteiger partial charge in [-0.2, -0.15) is 0 Å². The molecule has 46 heavy (non-hydrogen) atoms. The minimum absolute atomic E-state index is 0.00861. The third kappa shape index (κ3) is 14.4. The molecular weight excluding hydrogens is 580 g/mol. The molecule has 9 heteroatoms. The van der Waals surface area contributed by atoms with E-state index >= 15 is 0 Å². The molecule has 2 rings (SSSR count). The van der Waals surface area contributed by atoms with Crippen LogP contribution in [-0.4, -0.2) is 96.3 Å². The van der Waals surface area contributed by atoms with E-state index in [0.717, 1.165) is 31.2 Å². The van der Waals surface area contributed by atoms with Crippen LogP contribution in [-0.2, 0) is 20.8 Å². The van der Waals surface area contributed by atoms with Crippen molar-refractivity contribution in [1.29, 1.82) is 0 Å². The van der Waals surface area contributed by atoms with E-state index in [1.807, 2.05) is 49.3 Å². The number of amides is 3. The molecule has 3 amide bonds. The number of unbranched alkanes of at least 4 members (excludes halogenated alkanes) is 1. The van der Waals surface area contributed by atoms with Gasteiger partial charge in [0, 0.05) is 39.4 Å². The van der Waals surface area contributed by atoms with Crippen molar-refractivity contribution < 1.29 is 24.6 Å². The summed E-state index contributed by atoms with van der Waals surface area (Å²) in [5.41, 5.74) is 0.912. The number of aliphatic hydroxyl groups is 2. The second-order valence-corrected chi connectivity index (χ2v) is 12.9. The van der Waals surface area contributed by atoms with Crippen molar-refractivity contribution in [3.8, 4) is 24.2 Å². The van der Waals surface area contributed by atoms with Gasteiger partial charge in [0.15, 0.2) is 0 Å². The van der Waals surface area contributed by atoms with Gasteiger partial charge in [0.05, 0.1) is 24.2 Å². The molecule has 0 aliphatic heterocycles. The monoisotopic (exact) mass is 636 g/mol. The molecule has 1 aliphatic carbocycles. The number of benzene rings is 1. The van der Waals surface area contributed by atoms with Crippen molar-refractivity contribution in [2.24, 2.45) is 11.8 Å². The summed E-state index contributed by atoms with van der Waals surface area (Å²) in [6, 6.07) is 7.81. The van der Waals surface area contributed by atoms with Crippen LogP contribution in [0.3, 0.4) is 0 Å². The Morgan fingerprint density at radius 2 is 1.70 bits per heavy atom. The average molecular weight is 637 g/mol. The molecule has 1 saturated carbocycles. The maximum Gasteiger partial charge on any atom is 0.243 e. The lowest BCUT2D eigenvalue weighted by Gasteiger charge is -2.33. The van der Waals surface area contributed by atoms with Crippen LogP contribution in [0.15, 0.2) is 30.3 Å². The van der Waals surface area contributed by atoms with Gasteiger partial charge >= 0.3 is 0 Å². The van der Waals surface area contributed by atoms with Crippen molar-refractivity contribution in [2.75, 3.05) is 34.2 Å². The van der Waals surface area contributed by atoms with Crippen LogP contribution in [0.2, 0.25) is 0 Å².